The Morgan fingerprint density at radius 1 is 1.35 bits per heavy atom. The molecule has 20 heavy (non-hydrogen) atoms. The summed E-state index contributed by atoms with van der Waals surface area (Å²) < 4.78 is 0. The molecule has 1 aliphatic heterocycles. The fraction of sp³-hybridized carbons (Fsp3) is 0.357. The third-order valence-corrected chi connectivity index (χ3v) is 3.46. The minimum Gasteiger partial charge on any atom is -0.388 e. The first kappa shape index (κ1) is 14.5. The lowest BCUT2D eigenvalue weighted by molar-refractivity contribution is -0.122. The Morgan fingerprint density at radius 3 is 2.60 bits per heavy atom. The lowest BCUT2D eigenvalue weighted by atomic mass is 10.2. The maximum absolute atomic E-state index is 12.3. The molecule has 1 fully saturated rings. The van der Waals surface area contributed by atoms with E-state index in [-0.39, 0.29) is 16.6 Å². The first-order valence-corrected chi connectivity index (χ1v) is 6.99. The molecule has 0 spiro atoms. The number of hydrazone groups is 1. The van der Waals surface area contributed by atoms with Gasteiger partial charge >= 0.3 is 0 Å². The first-order chi connectivity index (χ1) is 9.59. The number of para-hydroxylation sites is 1. The molecule has 1 aliphatic rings. The number of nitrogens with one attached hydrogen (secondary N) is 1. The second-order valence-corrected chi connectivity index (χ2v) is 5.19. The summed E-state index contributed by atoms with van der Waals surface area (Å²) in [7, 11) is 0. The molecule has 2 rings (SSSR count). The number of hydrogen-bond acceptors (Lipinski definition) is 4. The van der Waals surface area contributed by atoms with Crippen LogP contribution in [0.15, 0.2) is 29.4 Å². The van der Waals surface area contributed by atoms with Gasteiger partial charge in [-0.25, -0.2) is 0 Å². The number of benzene rings is 1. The van der Waals surface area contributed by atoms with Crippen LogP contribution in [0.3, 0.4) is 0 Å². The number of nitrogens with zero attached hydrogens (tertiary/aromatic N) is 2. The van der Waals surface area contributed by atoms with Gasteiger partial charge in [0, 0.05) is 13.1 Å². The molecule has 0 unspecified atom stereocenters. The van der Waals surface area contributed by atoms with E-state index in [2.05, 4.69) is 10.5 Å². The molecule has 5 nitrogen and oxygen atoms in total. The molecule has 0 saturated carbocycles. The molecule has 0 atom stereocenters. The average Bonchev–Trinajstić information content (AvgIpc) is 2.94. The lowest BCUT2D eigenvalue weighted by Crippen LogP contribution is -2.40. The number of likely N-dealkylation sites (tertiary alicyclic amines) is 1. The lowest BCUT2D eigenvalue weighted by Gasteiger charge is -2.16. The molecule has 1 amide bonds. The van der Waals surface area contributed by atoms with Gasteiger partial charge in [-0.15, -0.1) is 0 Å². The summed E-state index contributed by atoms with van der Waals surface area (Å²) >= 11 is 4.94. The van der Waals surface area contributed by atoms with E-state index in [1.54, 1.807) is 4.90 Å². The summed E-state index contributed by atoms with van der Waals surface area (Å²) in [6.45, 7) is 3.44. The zero-order valence-corrected chi connectivity index (χ0v) is 12.2. The molecule has 0 aliphatic carbocycles. The van der Waals surface area contributed by atoms with Crippen molar-refractivity contribution in [1.82, 2.24) is 4.90 Å². The molecule has 1 aromatic rings. The van der Waals surface area contributed by atoms with Crippen molar-refractivity contribution in [2.75, 3.05) is 18.5 Å². The van der Waals surface area contributed by atoms with Crippen molar-refractivity contribution in [1.29, 1.82) is 0 Å². The Bertz CT molecular complexity index is 550. The van der Waals surface area contributed by atoms with Gasteiger partial charge in [0.1, 0.15) is 4.99 Å². The number of thiocarbonyl (C=S) groups is 1. The van der Waals surface area contributed by atoms with Gasteiger partial charge in [0.2, 0.25) is 0 Å². The van der Waals surface area contributed by atoms with Crippen LogP contribution in [0, 0.1) is 6.92 Å². The highest BCUT2D eigenvalue weighted by Crippen LogP contribution is 2.13. The number of carbonyl (C=O) groups excluding carboxylic acids is 1. The van der Waals surface area contributed by atoms with Crippen molar-refractivity contribution < 1.29 is 4.79 Å². The van der Waals surface area contributed by atoms with Crippen LogP contribution in [0.2, 0.25) is 0 Å². The Kier molecular flexibility index (Phi) is 4.68. The summed E-state index contributed by atoms with van der Waals surface area (Å²) in [4.78, 5) is 14.0. The van der Waals surface area contributed by atoms with Crippen LogP contribution >= 0.6 is 12.2 Å². The van der Waals surface area contributed by atoms with E-state index in [1.165, 1.54) is 0 Å². The number of hydrogen-bond donors (Lipinski definition) is 2. The van der Waals surface area contributed by atoms with Crippen molar-refractivity contribution in [3.63, 3.8) is 0 Å². The van der Waals surface area contributed by atoms with Crippen LogP contribution in [0.25, 0.3) is 0 Å². The molecule has 1 heterocycles. The zero-order chi connectivity index (χ0) is 14.5. The number of carbonyl (C=O) groups is 1. The number of anilines is 1. The fourth-order valence-corrected chi connectivity index (χ4v) is 2.23. The standard InChI is InChI=1S/C14H18N4OS/c1-10-6-2-3-7-11(10)16-17-12(13(15)20)14(19)18-8-4-5-9-18/h2-3,6-7,16H,4-5,8-9H2,1H3,(H2,15,20)/b17-12+. The van der Waals surface area contributed by atoms with Gasteiger partial charge in [0.15, 0.2) is 5.71 Å². The third-order valence-electron chi connectivity index (χ3n) is 3.26. The van der Waals surface area contributed by atoms with Crippen molar-refractivity contribution in [3.8, 4) is 0 Å². The predicted octanol–water partition coefficient (Wildman–Crippen LogP) is 1.67. The molecule has 1 aromatic carbocycles. The monoisotopic (exact) mass is 290 g/mol. The van der Waals surface area contributed by atoms with Crippen molar-refractivity contribution in [2.24, 2.45) is 10.8 Å². The third kappa shape index (κ3) is 3.33. The van der Waals surface area contributed by atoms with Gasteiger partial charge in [0.05, 0.1) is 5.69 Å². The average molecular weight is 290 g/mol. The van der Waals surface area contributed by atoms with E-state index in [9.17, 15) is 4.79 Å². The van der Waals surface area contributed by atoms with Crippen molar-refractivity contribution in [2.45, 2.75) is 19.8 Å². The van der Waals surface area contributed by atoms with Gasteiger partial charge in [0.25, 0.3) is 5.91 Å². The molecule has 0 aromatic heterocycles. The highest BCUT2D eigenvalue weighted by molar-refractivity contribution is 7.82. The van der Waals surface area contributed by atoms with Gasteiger partial charge in [-0.3, -0.25) is 10.2 Å². The number of aryl methyl sites for hydroxylation is 1. The molecular weight excluding hydrogens is 272 g/mol. The summed E-state index contributed by atoms with van der Waals surface area (Å²) in [5.41, 5.74) is 10.5. The number of rotatable bonds is 4. The van der Waals surface area contributed by atoms with Crippen LogP contribution in [-0.2, 0) is 4.79 Å². The topological polar surface area (TPSA) is 70.7 Å². The number of amides is 1. The number of nitrogens with two attached hydrogens (primary N) is 1. The minimum atomic E-state index is -0.198. The van der Waals surface area contributed by atoms with E-state index < -0.39 is 0 Å². The first-order valence-electron chi connectivity index (χ1n) is 6.58. The van der Waals surface area contributed by atoms with Crippen LogP contribution < -0.4 is 11.2 Å². The smallest absolute Gasteiger partial charge is 0.277 e. The van der Waals surface area contributed by atoms with Gasteiger partial charge in [-0.1, -0.05) is 30.4 Å². The van der Waals surface area contributed by atoms with E-state index in [1.807, 2.05) is 31.2 Å². The maximum Gasteiger partial charge on any atom is 0.277 e. The van der Waals surface area contributed by atoms with Crippen LogP contribution in [-0.4, -0.2) is 34.6 Å². The summed E-state index contributed by atoms with van der Waals surface area (Å²) in [5, 5.41) is 4.11. The second-order valence-electron chi connectivity index (χ2n) is 4.75. The van der Waals surface area contributed by atoms with Crippen LogP contribution in [0.5, 0.6) is 0 Å². The van der Waals surface area contributed by atoms with E-state index in [4.69, 9.17) is 18.0 Å². The van der Waals surface area contributed by atoms with Crippen molar-refractivity contribution in [3.05, 3.63) is 29.8 Å². The molecule has 106 valence electrons. The SMILES string of the molecule is Cc1ccccc1N/N=C(/C(=O)N1CCCC1)C(N)=S. The van der Waals surface area contributed by atoms with Crippen LogP contribution in [0.1, 0.15) is 18.4 Å². The quantitative estimate of drug-likeness (QED) is 0.503. The molecule has 6 heteroatoms. The van der Waals surface area contributed by atoms with Gasteiger partial charge < -0.3 is 10.6 Å². The zero-order valence-electron chi connectivity index (χ0n) is 11.4. The Hall–Kier alpha value is -1.95. The molecule has 1 saturated heterocycles. The minimum absolute atomic E-state index is 0.0167. The molecule has 3 N–H and O–H groups in total. The molecule has 0 bridgehead atoms. The normalized spacial score (nSPS) is 15.2. The van der Waals surface area contributed by atoms with E-state index in [0.717, 1.165) is 37.2 Å². The maximum atomic E-state index is 12.3. The van der Waals surface area contributed by atoms with Crippen LogP contribution in [0.4, 0.5) is 5.69 Å². The predicted molar refractivity (Wildman–Crippen MR) is 84.8 cm³/mol. The second kappa shape index (κ2) is 6.47. The van der Waals surface area contributed by atoms with Crippen molar-refractivity contribution >= 4 is 34.5 Å². The summed E-state index contributed by atoms with van der Waals surface area (Å²) in [6.07, 6.45) is 2.03. The van der Waals surface area contributed by atoms with E-state index in [0.29, 0.717) is 0 Å². The Balaban J connectivity index is 2.16. The Morgan fingerprint density at radius 2 is 2.00 bits per heavy atom. The highest BCUT2D eigenvalue weighted by Gasteiger charge is 2.24. The fourth-order valence-electron chi connectivity index (χ4n) is 2.09. The van der Waals surface area contributed by atoms with Gasteiger partial charge in [-0.2, -0.15) is 5.10 Å². The van der Waals surface area contributed by atoms with E-state index >= 15 is 0 Å². The summed E-state index contributed by atoms with van der Waals surface area (Å²) in [6, 6.07) is 7.68. The Labute approximate surface area is 123 Å². The summed E-state index contributed by atoms with van der Waals surface area (Å²) in [5.74, 6) is -0.198. The molecular formula is C14H18N4OS. The highest BCUT2D eigenvalue weighted by atomic mass is 32.1. The molecule has 0 radical (unpaired) electrons. The largest absolute Gasteiger partial charge is 0.388 e. The van der Waals surface area contributed by atoms with Gasteiger partial charge in [-0.05, 0) is 31.4 Å².